The number of nitrogens with one attached hydrogen (secondary N) is 2. The van der Waals surface area contributed by atoms with Crippen LogP contribution in [0.5, 0.6) is 0 Å². The number of carbonyl (C=O) groups excluding carboxylic acids is 2. The molecule has 2 atom stereocenters. The van der Waals surface area contributed by atoms with E-state index in [2.05, 4.69) is 10.6 Å². The minimum absolute atomic E-state index is 0.0683. The lowest BCUT2D eigenvalue weighted by molar-refractivity contribution is -0.125. The molecule has 2 rings (SSSR count). The van der Waals surface area contributed by atoms with E-state index in [0.29, 0.717) is 0 Å². The zero-order valence-corrected chi connectivity index (χ0v) is 10.7. The normalized spacial score (nSPS) is 19.0. The molecule has 1 aliphatic heterocycles. The summed E-state index contributed by atoms with van der Waals surface area (Å²) in [7, 11) is 0. The number of amides is 2. The summed E-state index contributed by atoms with van der Waals surface area (Å²) >= 11 is 0. The fourth-order valence-corrected chi connectivity index (χ4v) is 2.10. The number of hydrogen-bond acceptors (Lipinski definition) is 2. The van der Waals surface area contributed by atoms with Crippen LogP contribution < -0.4 is 10.6 Å². The van der Waals surface area contributed by atoms with Crippen molar-refractivity contribution in [2.45, 2.75) is 38.6 Å². The molecule has 0 spiro atoms. The van der Waals surface area contributed by atoms with Crippen LogP contribution in [0.2, 0.25) is 0 Å². The van der Waals surface area contributed by atoms with Crippen LogP contribution in [0.25, 0.3) is 0 Å². The maximum atomic E-state index is 11.8. The number of carbonyl (C=O) groups is 2. The van der Waals surface area contributed by atoms with Crippen molar-refractivity contribution in [1.82, 2.24) is 5.32 Å². The fraction of sp³-hybridized carbons (Fsp3) is 0.429. The molecule has 0 radical (unpaired) electrons. The predicted octanol–water partition coefficient (Wildman–Crippen LogP) is 2.03. The Morgan fingerprint density at radius 3 is 2.89 bits per heavy atom. The summed E-state index contributed by atoms with van der Waals surface area (Å²) in [5, 5.41) is 5.69. The molecule has 4 nitrogen and oxygen atoms in total. The van der Waals surface area contributed by atoms with Gasteiger partial charge in [-0.3, -0.25) is 9.59 Å². The van der Waals surface area contributed by atoms with Crippen molar-refractivity contribution in [3.63, 3.8) is 0 Å². The molecular weight excluding hydrogens is 228 g/mol. The Balaban J connectivity index is 2.06. The fourth-order valence-electron chi connectivity index (χ4n) is 2.10. The molecule has 4 heteroatoms. The second kappa shape index (κ2) is 5.21. The molecule has 0 aromatic heterocycles. The van der Waals surface area contributed by atoms with Gasteiger partial charge in [-0.15, -0.1) is 0 Å². The molecule has 18 heavy (non-hydrogen) atoms. The van der Waals surface area contributed by atoms with Crippen molar-refractivity contribution in [3.05, 3.63) is 29.8 Å². The highest BCUT2D eigenvalue weighted by Gasteiger charge is 2.31. The molecule has 1 aliphatic rings. The van der Waals surface area contributed by atoms with Gasteiger partial charge in [0.25, 0.3) is 0 Å². The summed E-state index contributed by atoms with van der Waals surface area (Å²) in [5.74, 6) is -0.512. The molecule has 0 aliphatic carbocycles. The van der Waals surface area contributed by atoms with Crippen LogP contribution in [0.4, 0.5) is 5.69 Å². The van der Waals surface area contributed by atoms with Crippen LogP contribution in [0.3, 0.4) is 0 Å². The van der Waals surface area contributed by atoms with Gasteiger partial charge in [0, 0.05) is 18.2 Å². The zero-order chi connectivity index (χ0) is 13.1. The average molecular weight is 246 g/mol. The largest absolute Gasteiger partial charge is 0.354 e. The van der Waals surface area contributed by atoms with Crippen molar-refractivity contribution in [2.24, 2.45) is 0 Å². The highest BCUT2D eigenvalue weighted by Crippen LogP contribution is 2.34. The number of benzene rings is 1. The minimum atomic E-state index is -0.356. The molecule has 1 aromatic rings. The number of rotatable bonds is 4. The van der Waals surface area contributed by atoms with Crippen molar-refractivity contribution >= 4 is 17.5 Å². The molecule has 0 fully saturated rings. The number of hydrogen-bond donors (Lipinski definition) is 2. The van der Waals surface area contributed by atoms with Crippen LogP contribution in [0, 0.1) is 0 Å². The molecule has 96 valence electrons. The summed E-state index contributed by atoms with van der Waals surface area (Å²) < 4.78 is 0. The molecule has 0 saturated carbocycles. The lowest BCUT2D eigenvalue weighted by Gasteiger charge is -2.13. The van der Waals surface area contributed by atoms with Crippen molar-refractivity contribution in [3.8, 4) is 0 Å². The Kier molecular flexibility index (Phi) is 3.65. The van der Waals surface area contributed by atoms with Gasteiger partial charge in [0.2, 0.25) is 11.8 Å². The highest BCUT2D eigenvalue weighted by molar-refractivity contribution is 6.04. The first-order valence-corrected chi connectivity index (χ1v) is 6.31. The molecule has 2 N–H and O–H groups in total. The lowest BCUT2D eigenvalue weighted by Crippen LogP contribution is -2.33. The second-order valence-corrected chi connectivity index (χ2v) is 4.71. The molecule has 0 bridgehead atoms. The quantitative estimate of drug-likeness (QED) is 0.854. The summed E-state index contributed by atoms with van der Waals surface area (Å²) in [6.45, 7) is 3.98. The van der Waals surface area contributed by atoms with E-state index in [0.717, 1.165) is 17.7 Å². The summed E-state index contributed by atoms with van der Waals surface area (Å²) in [6.07, 6.45) is 1.10. The number of para-hydroxylation sites is 1. The smallest absolute Gasteiger partial charge is 0.232 e. The molecule has 1 heterocycles. The summed E-state index contributed by atoms with van der Waals surface area (Å²) in [6, 6.07) is 7.67. The van der Waals surface area contributed by atoms with E-state index in [4.69, 9.17) is 0 Å². The highest BCUT2D eigenvalue weighted by atomic mass is 16.2. The van der Waals surface area contributed by atoms with E-state index in [1.807, 2.05) is 38.1 Å². The molecule has 2 unspecified atom stereocenters. The summed E-state index contributed by atoms with van der Waals surface area (Å²) in [5.41, 5.74) is 1.74. The van der Waals surface area contributed by atoms with E-state index in [1.165, 1.54) is 0 Å². The van der Waals surface area contributed by atoms with Gasteiger partial charge in [-0.2, -0.15) is 0 Å². The van der Waals surface area contributed by atoms with Crippen molar-refractivity contribution in [1.29, 1.82) is 0 Å². The SMILES string of the molecule is CCC(C)NC(=O)CC1C(=O)Nc2ccccc21. The monoisotopic (exact) mass is 246 g/mol. The first kappa shape index (κ1) is 12.6. The molecule has 2 amide bonds. The van der Waals surface area contributed by atoms with E-state index < -0.39 is 0 Å². The van der Waals surface area contributed by atoms with E-state index in [1.54, 1.807) is 0 Å². The Hall–Kier alpha value is -1.84. The molecular formula is C14H18N2O2. The Labute approximate surface area is 107 Å². The topological polar surface area (TPSA) is 58.2 Å². The molecule has 0 saturated heterocycles. The minimum Gasteiger partial charge on any atom is -0.354 e. The lowest BCUT2D eigenvalue weighted by atomic mass is 9.97. The van der Waals surface area contributed by atoms with Crippen LogP contribution in [0.1, 0.15) is 38.2 Å². The predicted molar refractivity (Wildman–Crippen MR) is 70.3 cm³/mol. The zero-order valence-electron chi connectivity index (χ0n) is 10.7. The maximum absolute atomic E-state index is 11.8. The van der Waals surface area contributed by atoms with E-state index in [9.17, 15) is 9.59 Å². The van der Waals surface area contributed by atoms with Gasteiger partial charge in [-0.25, -0.2) is 0 Å². The molecule has 1 aromatic carbocycles. The van der Waals surface area contributed by atoms with Gasteiger partial charge in [0.15, 0.2) is 0 Å². The third-order valence-corrected chi connectivity index (χ3v) is 3.32. The van der Waals surface area contributed by atoms with Gasteiger partial charge in [0.1, 0.15) is 0 Å². The second-order valence-electron chi connectivity index (χ2n) is 4.71. The van der Waals surface area contributed by atoms with Gasteiger partial charge in [0.05, 0.1) is 5.92 Å². The van der Waals surface area contributed by atoms with Gasteiger partial charge in [-0.05, 0) is 25.0 Å². The van der Waals surface area contributed by atoms with E-state index in [-0.39, 0.29) is 30.2 Å². The van der Waals surface area contributed by atoms with Gasteiger partial charge >= 0.3 is 0 Å². The van der Waals surface area contributed by atoms with Crippen LogP contribution in [0.15, 0.2) is 24.3 Å². The standard InChI is InChI=1S/C14H18N2O2/c1-3-9(2)15-13(17)8-11-10-6-4-5-7-12(10)16-14(11)18/h4-7,9,11H,3,8H2,1-2H3,(H,15,17)(H,16,18). The third kappa shape index (κ3) is 2.53. The Morgan fingerprint density at radius 2 is 2.17 bits per heavy atom. The Morgan fingerprint density at radius 1 is 1.44 bits per heavy atom. The van der Waals surface area contributed by atoms with Crippen LogP contribution >= 0.6 is 0 Å². The summed E-state index contributed by atoms with van der Waals surface area (Å²) in [4.78, 5) is 23.7. The third-order valence-electron chi connectivity index (χ3n) is 3.32. The first-order chi connectivity index (χ1) is 8.61. The van der Waals surface area contributed by atoms with Crippen LogP contribution in [-0.2, 0) is 9.59 Å². The maximum Gasteiger partial charge on any atom is 0.232 e. The number of fused-ring (bicyclic) bond motifs is 1. The van der Waals surface area contributed by atoms with Crippen molar-refractivity contribution < 1.29 is 9.59 Å². The average Bonchev–Trinajstić information content (AvgIpc) is 2.66. The number of anilines is 1. The van der Waals surface area contributed by atoms with E-state index >= 15 is 0 Å². The van der Waals surface area contributed by atoms with Gasteiger partial charge in [-0.1, -0.05) is 25.1 Å². The van der Waals surface area contributed by atoms with Crippen LogP contribution in [-0.4, -0.2) is 17.9 Å². The van der Waals surface area contributed by atoms with Crippen molar-refractivity contribution in [2.75, 3.05) is 5.32 Å². The van der Waals surface area contributed by atoms with Gasteiger partial charge < -0.3 is 10.6 Å². The first-order valence-electron chi connectivity index (χ1n) is 6.31. The Bertz CT molecular complexity index is 471.